The van der Waals surface area contributed by atoms with Crippen molar-refractivity contribution in [1.29, 1.82) is 0 Å². The van der Waals surface area contributed by atoms with Crippen LogP contribution in [-0.2, 0) is 12.0 Å². The third kappa shape index (κ3) is 1.94. The van der Waals surface area contributed by atoms with Crippen molar-refractivity contribution in [2.24, 2.45) is 5.73 Å². The minimum absolute atomic E-state index is 0.0792. The fraction of sp³-hybridized carbons (Fsp3) is 0.600. The van der Waals surface area contributed by atoms with Crippen LogP contribution in [0.1, 0.15) is 44.9 Å². The van der Waals surface area contributed by atoms with Crippen LogP contribution in [0.4, 0.5) is 0 Å². The number of imidazole rings is 1. The zero-order chi connectivity index (χ0) is 13.3. The van der Waals surface area contributed by atoms with Gasteiger partial charge in [0.05, 0.1) is 0 Å². The van der Waals surface area contributed by atoms with Crippen LogP contribution in [-0.4, -0.2) is 21.1 Å². The number of nitrogens with two attached hydrogens (primary N) is 1. The molecule has 0 aliphatic heterocycles. The van der Waals surface area contributed by atoms with E-state index in [0.717, 1.165) is 37.0 Å². The normalized spacial score (nSPS) is 18.2. The Labute approximate surface area is 114 Å². The standard InChI is InChI=1S/C15H22N4/c1-2-10-19-13-12(6-5-9-17-13)18-14(19)15(11-16)7-3-4-8-15/h5-6,9H,2-4,7-8,10-11,16H2,1H3. The van der Waals surface area contributed by atoms with Crippen LogP contribution >= 0.6 is 0 Å². The van der Waals surface area contributed by atoms with E-state index in [1.807, 2.05) is 12.3 Å². The fourth-order valence-electron chi connectivity index (χ4n) is 3.37. The number of pyridine rings is 1. The molecular weight excluding hydrogens is 236 g/mol. The maximum Gasteiger partial charge on any atom is 0.159 e. The first-order chi connectivity index (χ1) is 9.30. The molecule has 2 heterocycles. The van der Waals surface area contributed by atoms with Crippen LogP contribution in [0.25, 0.3) is 11.2 Å². The van der Waals surface area contributed by atoms with Gasteiger partial charge in [-0.1, -0.05) is 19.8 Å². The minimum atomic E-state index is 0.0792. The molecule has 1 aliphatic carbocycles. The Hall–Kier alpha value is -1.42. The molecule has 0 unspecified atom stereocenters. The molecule has 2 N–H and O–H groups in total. The van der Waals surface area contributed by atoms with Crippen LogP contribution in [0.5, 0.6) is 0 Å². The molecule has 0 spiro atoms. The number of rotatable bonds is 4. The molecule has 0 amide bonds. The third-order valence-corrected chi connectivity index (χ3v) is 4.38. The lowest BCUT2D eigenvalue weighted by Gasteiger charge is -2.27. The fourth-order valence-corrected chi connectivity index (χ4v) is 3.37. The molecule has 4 heteroatoms. The number of nitrogens with zero attached hydrogens (tertiary/aromatic N) is 3. The summed E-state index contributed by atoms with van der Waals surface area (Å²) in [6.45, 7) is 3.87. The second-order valence-electron chi connectivity index (χ2n) is 5.62. The summed E-state index contributed by atoms with van der Waals surface area (Å²) >= 11 is 0. The molecule has 1 aliphatic rings. The molecule has 1 fully saturated rings. The Balaban J connectivity index is 2.18. The van der Waals surface area contributed by atoms with Gasteiger partial charge in [-0.25, -0.2) is 9.97 Å². The first kappa shape index (κ1) is 12.6. The highest BCUT2D eigenvalue weighted by Gasteiger charge is 2.38. The summed E-state index contributed by atoms with van der Waals surface area (Å²) in [6, 6.07) is 4.01. The SMILES string of the molecule is CCCn1c(C2(CN)CCCC2)nc2cccnc21. The van der Waals surface area contributed by atoms with E-state index in [0.29, 0.717) is 6.54 Å². The van der Waals surface area contributed by atoms with Gasteiger partial charge in [-0.05, 0) is 31.4 Å². The highest BCUT2D eigenvalue weighted by atomic mass is 15.1. The zero-order valence-corrected chi connectivity index (χ0v) is 11.6. The molecule has 2 aromatic heterocycles. The van der Waals surface area contributed by atoms with Gasteiger partial charge in [0, 0.05) is 24.7 Å². The van der Waals surface area contributed by atoms with E-state index < -0.39 is 0 Å². The molecule has 102 valence electrons. The molecule has 0 saturated heterocycles. The van der Waals surface area contributed by atoms with E-state index in [1.165, 1.54) is 18.7 Å². The van der Waals surface area contributed by atoms with Crippen molar-refractivity contribution in [3.8, 4) is 0 Å². The van der Waals surface area contributed by atoms with E-state index in [9.17, 15) is 0 Å². The molecule has 0 radical (unpaired) electrons. The Morgan fingerprint density at radius 2 is 2.16 bits per heavy atom. The molecule has 0 aromatic carbocycles. The van der Waals surface area contributed by atoms with Gasteiger partial charge in [-0.2, -0.15) is 0 Å². The summed E-state index contributed by atoms with van der Waals surface area (Å²) < 4.78 is 2.30. The van der Waals surface area contributed by atoms with E-state index in [1.54, 1.807) is 0 Å². The Morgan fingerprint density at radius 3 is 2.84 bits per heavy atom. The Bertz CT molecular complexity index is 567. The van der Waals surface area contributed by atoms with Crippen molar-refractivity contribution >= 4 is 11.2 Å². The number of hydrogen-bond acceptors (Lipinski definition) is 3. The Kier molecular flexibility index (Phi) is 3.27. The van der Waals surface area contributed by atoms with E-state index in [4.69, 9.17) is 10.7 Å². The maximum atomic E-state index is 6.11. The van der Waals surface area contributed by atoms with Crippen molar-refractivity contribution in [3.05, 3.63) is 24.2 Å². The molecule has 0 atom stereocenters. The summed E-state index contributed by atoms with van der Waals surface area (Å²) in [4.78, 5) is 9.39. The number of hydrogen-bond donors (Lipinski definition) is 1. The van der Waals surface area contributed by atoms with E-state index in [2.05, 4.69) is 22.5 Å². The molecule has 3 rings (SSSR count). The maximum absolute atomic E-state index is 6.11. The lowest BCUT2D eigenvalue weighted by Crippen LogP contribution is -2.35. The van der Waals surface area contributed by atoms with Crippen LogP contribution in [0.3, 0.4) is 0 Å². The van der Waals surface area contributed by atoms with Crippen LogP contribution < -0.4 is 5.73 Å². The monoisotopic (exact) mass is 258 g/mol. The number of fused-ring (bicyclic) bond motifs is 1. The lowest BCUT2D eigenvalue weighted by molar-refractivity contribution is 0.403. The van der Waals surface area contributed by atoms with Crippen molar-refractivity contribution in [2.45, 2.75) is 51.0 Å². The van der Waals surface area contributed by atoms with Gasteiger partial charge < -0.3 is 10.3 Å². The second-order valence-corrected chi connectivity index (χ2v) is 5.62. The molecule has 19 heavy (non-hydrogen) atoms. The summed E-state index contributed by atoms with van der Waals surface area (Å²) in [5, 5.41) is 0. The van der Waals surface area contributed by atoms with Gasteiger partial charge in [-0.15, -0.1) is 0 Å². The van der Waals surface area contributed by atoms with Gasteiger partial charge in [0.1, 0.15) is 11.3 Å². The van der Waals surface area contributed by atoms with Crippen LogP contribution in [0, 0.1) is 0 Å². The van der Waals surface area contributed by atoms with Gasteiger partial charge in [-0.3, -0.25) is 0 Å². The van der Waals surface area contributed by atoms with Gasteiger partial charge >= 0.3 is 0 Å². The predicted octanol–water partition coefficient (Wildman–Crippen LogP) is 2.61. The summed E-state index contributed by atoms with van der Waals surface area (Å²) in [5.41, 5.74) is 8.21. The summed E-state index contributed by atoms with van der Waals surface area (Å²) in [6.07, 6.45) is 7.80. The van der Waals surface area contributed by atoms with Gasteiger partial charge in [0.2, 0.25) is 0 Å². The summed E-state index contributed by atoms with van der Waals surface area (Å²) in [7, 11) is 0. The highest BCUT2D eigenvalue weighted by Crippen LogP contribution is 2.40. The first-order valence-corrected chi connectivity index (χ1v) is 7.32. The summed E-state index contributed by atoms with van der Waals surface area (Å²) in [5.74, 6) is 1.17. The average molecular weight is 258 g/mol. The zero-order valence-electron chi connectivity index (χ0n) is 11.6. The van der Waals surface area contributed by atoms with Crippen molar-refractivity contribution < 1.29 is 0 Å². The average Bonchev–Trinajstić information content (AvgIpc) is 3.05. The van der Waals surface area contributed by atoms with E-state index in [-0.39, 0.29) is 5.41 Å². The molecular formula is C15H22N4. The quantitative estimate of drug-likeness (QED) is 0.917. The second kappa shape index (κ2) is 4.93. The number of aryl methyl sites for hydroxylation is 1. The lowest BCUT2D eigenvalue weighted by atomic mass is 9.85. The number of aromatic nitrogens is 3. The molecule has 2 aromatic rings. The van der Waals surface area contributed by atoms with E-state index >= 15 is 0 Å². The predicted molar refractivity (Wildman–Crippen MR) is 77.0 cm³/mol. The van der Waals surface area contributed by atoms with Crippen LogP contribution in [0.2, 0.25) is 0 Å². The molecule has 1 saturated carbocycles. The van der Waals surface area contributed by atoms with Crippen molar-refractivity contribution in [2.75, 3.05) is 6.54 Å². The van der Waals surface area contributed by atoms with Crippen molar-refractivity contribution in [1.82, 2.24) is 14.5 Å². The van der Waals surface area contributed by atoms with Crippen LogP contribution in [0.15, 0.2) is 18.3 Å². The minimum Gasteiger partial charge on any atom is -0.329 e. The highest BCUT2D eigenvalue weighted by molar-refractivity contribution is 5.71. The topological polar surface area (TPSA) is 56.7 Å². The van der Waals surface area contributed by atoms with Gasteiger partial charge in [0.15, 0.2) is 5.65 Å². The van der Waals surface area contributed by atoms with Crippen molar-refractivity contribution in [3.63, 3.8) is 0 Å². The first-order valence-electron chi connectivity index (χ1n) is 7.32. The molecule has 0 bridgehead atoms. The third-order valence-electron chi connectivity index (χ3n) is 4.38. The molecule has 4 nitrogen and oxygen atoms in total. The smallest absolute Gasteiger partial charge is 0.159 e. The Morgan fingerprint density at radius 1 is 1.37 bits per heavy atom. The van der Waals surface area contributed by atoms with Gasteiger partial charge in [0.25, 0.3) is 0 Å². The largest absolute Gasteiger partial charge is 0.329 e.